The number of nitrogens with one attached hydrogen (secondary N) is 2. The number of aromatic nitrogens is 1. The fraction of sp³-hybridized carbons (Fsp3) is 0.176. The number of hydrogen-bond acceptors (Lipinski definition) is 5. The van der Waals surface area contributed by atoms with Crippen LogP contribution in [0, 0.1) is 6.92 Å². The van der Waals surface area contributed by atoms with Crippen molar-refractivity contribution in [3.8, 4) is 11.5 Å². The summed E-state index contributed by atoms with van der Waals surface area (Å²) >= 11 is 1.41. The molecule has 24 heavy (non-hydrogen) atoms. The van der Waals surface area contributed by atoms with Crippen LogP contribution in [-0.2, 0) is 0 Å². The molecule has 0 radical (unpaired) electrons. The molecule has 0 aliphatic rings. The number of para-hydroxylation sites is 2. The maximum Gasteiger partial charge on any atom is 0.325 e. The van der Waals surface area contributed by atoms with E-state index in [2.05, 4.69) is 15.6 Å². The first-order valence-corrected chi connectivity index (χ1v) is 8.09. The number of benzene rings is 2. The molecule has 0 spiro atoms. The van der Waals surface area contributed by atoms with Crippen LogP contribution < -0.4 is 20.1 Å². The fourth-order valence-corrected chi connectivity index (χ4v) is 3.27. The van der Waals surface area contributed by atoms with Crippen molar-refractivity contribution in [2.24, 2.45) is 0 Å². The summed E-state index contributed by atoms with van der Waals surface area (Å²) in [5.41, 5.74) is 2.42. The molecule has 2 amide bonds. The van der Waals surface area contributed by atoms with Crippen LogP contribution in [0.2, 0.25) is 0 Å². The van der Waals surface area contributed by atoms with Gasteiger partial charge < -0.3 is 14.8 Å². The summed E-state index contributed by atoms with van der Waals surface area (Å²) in [6, 6.07) is 10.7. The molecular formula is C17H17N3O3S. The highest BCUT2D eigenvalue weighted by molar-refractivity contribution is 7.22. The number of hydrogen-bond donors (Lipinski definition) is 2. The van der Waals surface area contributed by atoms with E-state index < -0.39 is 0 Å². The highest BCUT2D eigenvalue weighted by Gasteiger charge is 2.14. The predicted octanol–water partition coefficient (Wildman–Crippen LogP) is 4.27. The van der Waals surface area contributed by atoms with Gasteiger partial charge in [-0.25, -0.2) is 9.78 Å². The van der Waals surface area contributed by atoms with E-state index in [9.17, 15) is 4.79 Å². The lowest BCUT2D eigenvalue weighted by Gasteiger charge is -2.09. The molecule has 0 aliphatic heterocycles. The number of anilines is 2. The maximum atomic E-state index is 12.2. The molecule has 3 rings (SSSR count). The van der Waals surface area contributed by atoms with Gasteiger partial charge in [-0.2, -0.15) is 0 Å². The molecule has 0 saturated heterocycles. The molecule has 0 aliphatic carbocycles. The number of carbonyl (C=O) groups excluding carboxylic acids is 1. The Morgan fingerprint density at radius 3 is 2.54 bits per heavy atom. The Morgan fingerprint density at radius 2 is 1.79 bits per heavy atom. The van der Waals surface area contributed by atoms with Crippen molar-refractivity contribution >= 4 is 38.4 Å². The van der Waals surface area contributed by atoms with E-state index in [1.165, 1.54) is 11.3 Å². The summed E-state index contributed by atoms with van der Waals surface area (Å²) in [5.74, 6) is 1.28. The van der Waals surface area contributed by atoms with Gasteiger partial charge in [-0.3, -0.25) is 5.32 Å². The van der Waals surface area contributed by atoms with Crippen molar-refractivity contribution in [3.63, 3.8) is 0 Å². The number of amides is 2. The van der Waals surface area contributed by atoms with Crippen molar-refractivity contribution < 1.29 is 14.3 Å². The van der Waals surface area contributed by atoms with Crippen molar-refractivity contribution in [1.82, 2.24) is 4.98 Å². The van der Waals surface area contributed by atoms with Crippen LogP contribution in [0.3, 0.4) is 0 Å². The molecule has 2 aromatic carbocycles. The summed E-state index contributed by atoms with van der Waals surface area (Å²) in [6.45, 7) is 2.00. The summed E-state index contributed by atoms with van der Waals surface area (Å²) in [4.78, 5) is 16.7. The summed E-state index contributed by atoms with van der Waals surface area (Å²) in [5, 5.41) is 6.02. The zero-order valence-corrected chi connectivity index (χ0v) is 14.4. The number of fused-ring (bicyclic) bond motifs is 1. The third kappa shape index (κ3) is 3.11. The Bertz CT molecular complexity index is 892. The first-order valence-electron chi connectivity index (χ1n) is 7.27. The van der Waals surface area contributed by atoms with Crippen LogP contribution in [0.25, 0.3) is 10.2 Å². The van der Waals surface area contributed by atoms with Gasteiger partial charge in [-0.15, -0.1) is 0 Å². The first-order chi connectivity index (χ1) is 11.6. The minimum Gasteiger partial charge on any atom is -0.495 e. The lowest BCUT2D eigenvalue weighted by molar-refractivity contribution is 0.262. The van der Waals surface area contributed by atoms with Gasteiger partial charge in [0.2, 0.25) is 0 Å². The predicted molar refractivity (Wildman–Crippen MR) is 96.5 cm³/mol. The van der Waals surface area contributed by atoms with Crippen LogP contribution in [0.1, 0.15) is 5.56 Å². The van der Waals surface area contributed by atoms with E-state index in [1.54, 1.807) is 26.4 Å². The molecule has 7 heteroatoms. The second kappa shape index (κ2) is 6.76. The van der Waals surface area contributed by atoms with E-state index in [1.807, 2.05) is 31.2 Å². The Balaban J connectivity index is 1.82. The normalized spacial score (nSPS) is 10.5. The molecule has 3 aromatic rings. The van der Waals surface area contributed by atoms with Gasteiger partial charge in [-0.05, 0) is 30.7 Å². The summed E-state index contributed by atoms with van der Waals surface area (Å²) in [6.07, 6.45) is 0. The SMILES string of the molecule is COc1ccccc1NC(=O)Nc1nc2c(OC)ccc(C)c2s1. The zero-order valence-electron chi connectivity index (χ0n) is 13.5. The average Bonchev–Trinajstić information content (AvgIpc) is 3.00. The highest BCUT2D eigenvalue weighted by Crippen LogP contribution is 2.34. The van der Waals surface area contributed by atoms with E-state index in [4.69, 9.17) is 9.47 Å². The Kier molecular flexibility index (Phi) is 4.52. The van der Waals surface area contributed by atoms with E-state index >= 15 is 0 Å². The quantitative estimate of drug-likeness (QED) is 0.742. The molecule has 1 heterocycles. The standard InChI is InChI=1S/C17H17N3O3S/c1-10-8-9-13(23-3)14-15(10)24-17(19-14)20-16(21)18-11-6-4-5-7-12(11)22-2/h4-9H,1-3H3,(H2,18,19,20,21). The fourth-order valence-electron chi connectivity index (χ4n) is 2.33. The number of nitrogens with zero attached hydrogens (tertiary/aromatic N) is 1. The van der Waals surface area contributed by atoms with Crippen LogP contribution in [0.15, 0.2) is 36.4 Å². The van der Waals surface area contributed by atoms with Crippen molar-refractivity contribution in [3.05, 3.63) is 42.0 Å². The minimum atomic E-state index is -0.379. The number of rotatable bonds is 4. The van der Waals surface area contributed by atoms with Gasteiger partial charge >= 0.3 is 6.03 Å². The van der Waals surface area contributed by atoms with Crippen LogP contribution >= 0.6 is 11.3 Å². The lowest BCUT2D eigenvalue weighted by Crippen LogP contribution is -2.19. The molecular weight excluding hydrogens is 326 g/mol. The van der Waals surface area contributed by atoms with E-state index in [0.717, 1.165) is 15.8 Å². The van der Waals surface area contributed by atoms with Crippen molar-refractivity contribution in [2.45, 2.75) is 6.92 Å². The average molecular weight is 343 g/mol. The van der Waals surface area contributed by atoms with Crippen molar-refractivity contribution in [1.29, 1.82) is 0 Å². The molecule has 1 aromatic heterocycles. The van der Waals surface area contributed by atoms with Crippen LogP contribution in [-0.4, -0.2) is 25.2 Å². The number of thiazole rings is 1. The number of ether oxygens (including phenoxy) is 2. The zero-order chi connectivity index (χ0) is 17.1. The second-order valence-electron chi connectivity index (χ2n) is 5.06. The van der Waals surface area contributed by atoms with Crippen molar-refractivity contribution in [2.75, 3.05) is 24.9 Å². The molecule has 2 N–H and O–H groups in total. The molecule has 124 valence electrons. The minimum absolute atomic E-state index is 0.379. The molecule has 0 bridgehead atoms. The van der Waals surface area contributed by atoms with Gasteiger partial charge in [0.15, 0.2) is 5.13 Å². The Labute approximate surface area is 143 Å². The summed E-state index contributed by atoms with van der Waals surface area (Å²) < 4.78 is 11.5. The van der Waals surface area contributed by atoms with Gasteiger partial charge in [0.1, 0.15) is 17.0 Å². The molecule has 0 atom stereocenters. The number of carbonyl (C=O) groups is 1. The maximum absolute atomic E-state index is 12.2. The second-order valence-corrected chi connectivity index (χ2v) is 6.06. The van der Waals surface area contributed by atoms with Gasteiger partial charge in [-0.1, -0.05) is 29.5 Å². The topological polar surface area (TPSA) is 72.5 Å². The van der Waals surface area contributed by atoms with E-state index in [0.29, 0.717) is 22.3 Å². The highest BCUT2D eigenvalue weighted by atomic mass is 32.1. The molecule has 6 nitrogen and oxygen atoms in total. The largest absolute Gasteiger partial charge is 0.495 e. The van der Waals surface area contributed by atoms with Gasteiger partial charge in [0.05, 0.1) is 24.6 Å². The van der Waals surface area contributed by atoms with Gasteiger partial charge in [0.25, 0.3) is 0 Å². The number of urea groups is 1. The Morgan fingerprint density at radius 1 is 1.04 bits per heavy atom. The summed E-state index contributed by atoms with van der Waals surface area (Å²) in [7, 11) is 3.16. The lowest BCUT2D eigenvalue weighted by atomic mass is 10.2. The first kappa shape index (κ1) is 16.1. The molecule has 0 fully saturated rings. The Hall–Kier alpha value is -2.80. The van der Waals surface area contributed by atoms with E-state index in [-0.39, 0.29) is 6.03 Å². The van der Waals surface area contributed by atoms with Crippen LogP contribution in [0.4, 0.5) is 15.6 Å². The van der Waals surface area contributed by atoms with Gasteiger partial charge in [0, 0.05) is 0 Å². The number of aryl methyl sites for hydroxylation is 1. The third-order valence-electron chi connectivity index (χ3n) is 3.50. The third-order valence-corrected chi connectivity index (χ3v) is 4.61. The molecule has 0 unspecified atom stereocenters. The monoisotopic (exact) mass is 343 g/mol. The molecule has 0 saturated carbocycles. The number of methoxy groups -OCH3 is 2. The smallest absolute Gasteiger partial charge is 0.325 e. The van der Waals surface area contributed by atoms with Crippen LogP contribution in [0.5, 0.6) is 11.5 Å².